The third kappa shape index (κ3) is 3.86. The fourth-order valence-electron chi connectivity index (χ4n) is 3.60. The van der Waals surface area contributed by atoms with Crippen molar-refractivity contribution in [3.05, 3.63) is 109 Å². The molecule has 0 atom stereocenters. The molecule has 162 valence electrons. The van der Waals surface area contributed by atoms with Crippen molar-refractivity contribution >= 4 is 78.1 Å². The largest absolute Gasteiger partial charge is 0.282 e. The molecule has 0 unspecified atom stereocenters. The first-order valence-electron chi connectivity index (χ1n) is 9.75. The summed E-state index contributed by atoms with van der Waals surface area (Å²) in [5.74, 6) is -0.0103. The van der Waals surface area contributed by atoms with Crippen LogP contribution in [0.25, 0.3) is 16.2 Å². The fourth-order valence-corrected chi connectivity index (χ4v) is 5.49. The summed E-state index contributed by atoms with van der Waals surface area (Å²) in [6, 6.07) is 21.2. The molecule has 1 amide bonds. The van der Waals surface area contributed by atoms with Gasteiger partial charge in [-0.1, -0.05) is 63.9 Å². The Morgan fingerprint density at radius 1 is 1.06 bits per heavy atom. The second-order valence-electron chi connectivity index (χ2n) is 7.14. The van der Waals surface area contributed by atoms with E-state index in [1.54, 1.807) is 24.3 Å². The molecule has 33 heavy (non-hydrogen) atoms. The van der Waals surface area contributed by atoms with E-state index in [1.165, 1.54) is 28.4 Å². The maximum Gasteiger partial charge on any atom is 0.282 e. The lowest BCUT2D eigenvalue weighted by Gasteiger charge is -2.18. The molecule has 5 rings (SSSR count). The number of hydrogen-bond acceptors (Lipinski definition) is 5. The lowest BCUT2D eigenvalue weighted by atomic mass is 10.1. The number of carbonyl (C=O) groups excluding carboxylic acids is 1. The molecule has 4 aromatic rings. The summed E-state index contributed by atoms with van der Waals surface area (Å²) in [7, 11) is 0. The molecular formula is C24H13BrClN3O3S. The van der Waals surface area contributed by atoms with Crippen LogP contribution in [0.1, 0.15) is 10.4 Å². The van der Waals surface area contributed by atoms with Gasteiger partial charge in [-0.25, -0.2) is 4.99 Å². The van der Waals surface area contributed by atoms with Gasteiger partial charge in [0.2, 0.25) is 0 Å². The molecule has 1 aliphatic rings. The molecule has 9 heteroatoms. The molecule has 0 fully saturated rings. The van der Waals surface area contributed by atoms with Crippen molar-refractivity contribution in [2.75, 3.05) is 4.90 Å². The van der Waals surface area contributed by atoms with Crippen LogP contribution in [0.5, 0.6) is 0 Å². The molecule has 1 aromatic heterocycles. The maximum atomic E-state index is 13.5. The van der Waals surface area contributed by atoms with E-state index in [-0.39, 0.29) is 11.4 Å². The molecule has 0 bridgehead atoms. The number of halogens is 2. The first-order valence-corrected chi connectivity index (χ1v) is 11.7. The van der Waals surface area contributed by atoms with Gasteiger partial charge < -0.3 is 0 Å². The Morgan fingerprint density at radius 2 is 1.82 bits per heavy atom. The van der Waals surface area contributed by atoms with Crippen molar-refractivity contribution in [1.29, 1.82) is 0 Å². The topological polar surface area (TPSA) is 75.8 Å². The van der Waals surface area contributed by atoms with Crippen molar-refractivity contribution in [2.45, 2.75) is 0 Å². The van der Waals surface area contributed by atoms with Crippen LogP contribution >= 0.6 is 38.9 Å². The highest BCUT2D eigenvalue weighted by Crippen LogP contribution is 2.39. The van der Waals surface area contributed by atoms with E-state index in [0.717, 1.165) is 14.6 Å². The zero-order valence-corrected chi connectivity index (χ0v) is 19.9. The Hall–Kier alpha value is -3.33. The normalized spacial score (nSPS) is 14.8. The van der Waals surface area contributed by atoms with Crippen molar-refractivity contribution in [3.63, 3.8) is 0 Å². The van der Waals surface area contributed by atoms with Gasteiger partial charge in [-0.05, 0) is 36.4 Å². The van der Waals surface area contributed by atoms with Gasteiger partial charge >= 0.3 is 0 Å². The molecule has 2 heterocycles. The molecule has 0 radical (unpaired) electrons. The number of nitro benzene ring substituents is 1. The Balaban J connectivity index is 1.72. The SMILES string of the molecule is O=C1/C(=C\c2ccccc2[N+](=O)[O-])N=C(c2sc3ccccc3c2Cl)N1c1cccc(Br)c1. The lowest BCUT2D eigenvalue weighted by Crippen LogP contribution is -2.32. The number of amides is 1. The van der Waals surface area contributed by atoms with Crippen molar-refractivity contribution in [2.24, 2.45) is 4.99 Å². The minimum atomic E-state index is -0.481. The molecule has 0 saturated carbocycles. The summed E-state index contributed by atoms with van der Waals surface area (Å²) < 4.78 is 1.77. The summed E-state index contributed by atoms with van der Waals surface area (Å²) in [4.78, 5) is 31.3. The molecule has 0 N–H and O–H groups in total. The molecule has 3 aromatic carbocycles. The molecule has 6 nitrogen and oxygen atoms in total. The van der Waals surface area contributed by atoms with Crippen molar-refractivity contribution in [1.82, 2.24) is 0 Å². The summed E-state index contributed by atoms with van der Waals surface area (Å²) in [6.07, 6.45) is 1.44. The highest BCUT2D eigenvalue weighted by Gasteiger charge is 2.35. The van der Waals surface area contributed by atoms with Crippen LogP contribution in [-0.2, 0) is 4.79 Å². The van der Waals surface area contributed by atoms with Gasteiger partial charge in [-0.15, -0.1) is 11.3 Å². The van der Waals surface area contributed by atoms with Crippen LogP contribution in [0.3, 0.4) is 0 Å². The molecule has 0 spiro atoms. The van der Waals surface area contributed by atoms with Crippen LogP contribution in [0.2, 0.25) is 5.02 Å². The summed E-state index contributed by atoms with van der Waals surface area (Å²) in [5, 5.41) is 12.8. The number of fused-ring (bicyclic) bond motifs is 1. The standard InChI is InChI=1S/C24H13BrClN3O3S/c25-15-7-5-8-16(13-15)28-23(22-21(26)17-9-2-4-11-20(17)33-22)27-18(24(28)30)12-14-6-1-3-10-19(14)29(31)32/h1-13H/b18-12+. The van der Waals surface area contributed by atoms with Crippen molar-refractivity contribution < 1.29 is 9.72 Å². The van der Waals surface area contributed by atoms with Crippen LogP contribution in [0, 0.1) is 10.1 Å². The second-order valence-corrected chi connectivity index (χ2v) is 9.49. The second kappa shape index (κ2) is 8.55. The first-order chi connectivity index (χ1) is 15.9. The summed E-state index contributed by atoms with van der Waals surface area (Å²) in [6.45, 7) is 0. The van der Waals surface area contributed by atoms with Gasteiger partial charge in [-0.3, -0.25) is 19.8 Å². The highest BCUT2D eigenvalue weighted by molar-refractivity contribution is 9.10. The molecule has 1 aliphatic heterocycles. The number of amidine groups is 1. The number of anilines is 1. The molecule has 0 saturated heterocycles. The van der Waals surface area contributed by atoms with E-state index < -0.39 is 10.8 Å². The van der Waals surface area contributed by atoms with E-state index in [2.05, 4.69) is 20.9 Å². The monoisotopic (exact) mass is 537 g/mol. The number of nitrogens with zero attached hydrogens (tertiary/aromatic N) is 3. The third-order valence-electron chi connectivity index (χ3n) is 5.09. The number of aliphatic imine (C=N–C) groups is 1. The Labute approximate surface area is 205 Å². The number of benzene rings is 3. The van der Waals surface area contributed by atoms with Crippen molar-refractivity contribution in [3.8, 4) is 0 Å². The quantitative estimate of drug-likeness (QED) is 0.159. The van der Waals surface area contributed by atoms with Gasteiger partial charge in [-0.2, -0.15) is 0 Å². The average molecular weight is 539 g/mol. The minimum Gasteiger partial charge on any atom is -0.266 e. The molecular weight excluding hydrogens is 526 g/mol. The van der Waals surface area contributed by atoms with Gasteiger partial charge in [0.1, 0.15) is 5.70 Å². The van der Waals surface area contributed by atoms with E-state index >= 15 is 0 Å². The van der Waals surface area contributed by atoms with Gasteiger partial charge in [0.05, 0.1) is 26.1 Å². The van der Waals surface area contributed by atoms with Crippen LogP contribution < -0.4 is 4.90 Å². The van der Waals surface area contributed by atoms with E-state index in [9.17, 15) is 14.9 Å². The maximum absolute atomic E-state index is 13.5. The van der Waals surface area contributed by atoms with E-state index in [1.807, 2.05) is 42.5 Å². The number of rotatable bonds is 4. The Morgan fingerprint density at radius 3 is 2.58 bits per heavy atom. The number of thiophene rings is 1. The highest BCUT2D eigenvalue weighted by atomic mass is 79.9. The Kier molecular flexibility index (Phi) is 5.57. The predicted octanol–water partition coefficient (Wildman–Crippen LogP) is 7.06. The molecule has 0 aliphatic carbocycles. The van der Waals surface area contributed by atoms with Crippen LogP contribution in [0.15, 0.2) is 88.0 Å². The zero-order chi connectivity index (χ0) is 23.1. The van der Waals surface area contributed by atoms with Gasteiger partial charge in [0, 0.05) is 20.6 Å². The smallest absolute Gasteiger partial charge is 0.266 e. The Bertz CT molecular complexity index is 1510. The number of para-hydroxylation sites is 1. The van der Waals surface area contributed by atoms with E-state index in [0.29, 0.717) is 27.0 Å². The number of hydrogen-bond donors (Lipinski definition) is 0. The number of nitro groups is 1. The van der Waals surface area contributed by atoms with E-state index in [4.69, 9.17) is 11.6 Å². The lowest BCUT2D eigenvalue weighted by molar-refractivity contribution is -0.385. The summed E-state index contributed by atoms with van der Waals surface area (Å²) >= 11 is 11.6. The summed E-state index contributed by atoms with van der Waals surface area (Å²) in [5.41, 5.74) is 0.892. The fraction of sp³-hybridized carbons (Fsp3) is 0. The average Bonchev–Trinajstić information content (AvgIpc) is 3.31. The zero-order valence-electron chi connectivity index (χ0n) is 16.7. The minimum absolute atomic E-state index is 0.0906. The van der Waals surface area contributed by atoms with Gasteiger partial charge in [0.15, 0.2) is 5.84 Å². The van der Waals surface area contributed by atoms with Crippen LogP contribution in [-0.4, -0.2) is 16.7 Å². The third-order valence-corrected chi connectivity index (χ3v) is 7.26. The predicted molar refractivity (Wildman–Crippen MR) is 136 cm³/mol. The van der Waals surface area contributed by atoms with Crippen LogP contribution in [0.4, 0.5) is 11.4 Å². The first kappa shape index (κ1) is 21.5. The van der Waals surface area contributed by atoms with Gasteiger partial charge in [0.25, 0.3) is 11.6 Å². The number of carbonyl (C=O) groups is 1.